The molecule has 90 valence electrons. The van der Waals surface area contributed by atoms with Crippen LogP contribution in [0.2, 0.25) is 0 Å². The van der Waals surface area contributed by atoms with Crippen molar-refractivity contribution >= 4 is 0 Å². The second-order valence-electron chi connectivity index (χ2n) is 6.43. The van der Waals surface area contributed by atoms with Gasteiger partial charge in [-0.1, -0.05) is 31.2 Å². The summed E-state index contributed by atoms with van der Waals surface area (Å²) in [7, 11) is 0. The molecule has 0 spiro atoms. The average Bonchev–Trinajstić information content (AvgIpc) is 2.69. The molecule has 0 aliphatic heterocycles. The molecule has 0 heterocycles. The fourth-order valence-electron chi connectivity index (χ4n) is 3.38. The Hall–Kier alpha value is -0.560. The molecule has 0 saturated heterocycles. The summed E-state index contributed by atoms with van der Waals surface area (Å²) in [5, 5.41) is 9.70. The van der Waals surface area contributed by atoms with E-state index in [1.54, 1.807) is 0 Å². The third kappa shape index (κ3) is 1.98. The van der Waals surface area contributed by atoms with Crippen molar-refractivity contribution in [1.82, 2.24) is 0 Å². The van der Waals surface area contributed by atoms with Gasteiger partial charge in [-0.25, -0.2) is 0 Å². The summed E-state index contributed by atoms with van der Waals surface area (Å²) in [4.78, 5) is 0. The van der Waals surface area contributed by atoms with E-state index in [0.29, 0.717) is 0 Å². The molecule has 1 heteroatoms. The first-order valence-electron chi connectivity index (χ1n) is 6.42. The average molecular weight is 220 g/mol. The molecule has 2 rings (SSSR count). The summed E-state index contributed by atoms with van der Waals surface area (Å²) in [6.07, 6.45) is 9.21. The Kier molecular flexibility index (Phi) is 2.78. The van der Waals surface area contributed by atoms with E-state index in [0.717, 1.165) is 18.3 Å². The molecule has 0 radical (unpaired) electrons. The fourth-order valence-corrected chi connectivity index (χ4v) is 3.38. The Bertz CT molecular complexity index is 321. The van der Waals surface area contributed by atoms with Crippen LogP contribution in [0.25, 0.3) is 0 Å². The van der Waals surface area contributed by atoms with Crippen molar-refractivity contribution in [1.29, 1.82) is 0 Å². The zero-order valence-corrected chi connectivity index (χ0v) is 10.8. The number of hydrogen-bond donors (Lipinski definition) is 1. The largest absolute Gasteiger partial charge is 0.390 e. The maximum atomic E-state index is 9.70. The lowest BCUT2D eigenvalue weighted by Gasteiger charge is -2.33. The van der Waals surface area contributed by atoms with Crippen molar-refractivity contribution in [2.75, 3.05) is 0 Å². The third-order valence-electron chi connectivity index (χ3n) is 4.55. The predicted molar refractivity (Wildman–Crippen MR) is 68.1 cm³/mol. The van der Waals surface area contributed by atoms with Gasteiger partial charge in [0.1, 0.15) is 0 Å². The Morgan fingerprint density at radius 3 is 2.69 bits per heavy atom. The molecule has 0 amide bonds. The van der Waals surface area contributed by atoms with Gasteiger partial charge in [-0.15, -0.1) is 0 Å². The smallest absolute Gasteiger partial charge is 0.0626 e. The molecule has 2 bridgehead atoms. The standard InChI is InChI=1S/C15H24O/c1-11-12-6-7-13(10-12)15(11,4)9-5-8-14(2,3)16/h5,9,12-13,16H,1,6-8,10H2,2-4H3/b9-5+/t12-,13+,15-/m1/s1. The molecule has 0 aromatic carbocycles. The van der Waals surface area contributed by atoms with Gasteiger partial charge >= 0.3 is 0 Å². The van der Waals surface area contributed by atoms with Crippen LogP contribution in [-0.4, -0.2) is 10.7 Å². The van der Waals surface area contributed by atoms with Gasteiger partial charge in [0.05, 0.1) is 5.60 Å². The summed E-state index contributed by atoms with van der Waals surface area (Å²) >= 11 is 0. The lowest BCUT2D eigenvalue weighted by molar-refractivity contribution is 0.0836. The molecule has 1 nitrogen and oxygen atoms in total. The second-order valence-corrected chi connectivity index (χ2v) is 6.43. The highest BCUT2D eigenvalue weighted by Gasteiger charge is 2.49. The van der Waals surface area contributed by atoms with E-state index >= 15 is 0 Å². The van der Waals surface area contributed by atoms with Crippen molar-refractivity contribution in [3.63, 3.8) is 0 Å². The van der Waals surface area contributed by atoms with Crippen LogP contribution >= 0.6 is 0 Å². The number of hydrogen-bond acceptors (Lipinski definition) is 1. The summed E-state index contributed by atoms with van der Waals surface area (Å²) in [6.45, 7) is 10.3. The van der Waals surface area contributed by atoms with Gasteiger partial charge in [-0.3, -0.25) is 0 Å². The highest BCUT2D eigenvalue weighted by Crippen LogP contribution is 2.59. The van der Waals surface area contributed by atoms with Gasteiger partial charge in [0.2, 0.25) is 0 Å². The van der Waals surface area contributed by atoms with Gasteiger partial charge in [-0.05, 0) is 51.4 Å². The maximum absolute atomic E-state index is 9.70. The molecule has 1 N–H and O–H groups in total. The van der Waals surface area contributed by atoms with E-state index in [4.69, 9.17) is 0 Å². The topological polar surface area (TPSA) is 20.2 Å². The van der Waals surface area contributed by atoms with Crippen LogP contribution in [0.3, 0.4) is 0 Å². The molecule has 0 aromatic rings. The first-order chi connectivity index (χ1) is 7.33. The minimum atomic E-state index is -0.591. The lowest BCUT2D eigenvalue weighted by Crippen LogP contribution is -2.24. The van der Waals surface area contributed by atoms with E-state index in [1.807, 2.05) is 13.8 Å². The molecular weight excluding hydrogens is 196 g/mol. The van der Waals surface area contributed by atoms with Crippen LogP contribution in [0, 0.1) is 17.3 Å². The molecular formula is C15H24O. The Balaban J connectivity index is 2.06. The van der Waals surface area contributed by atoms with E-state index in [2.05, 4.69) is 25.7 Å². The van der Waals surface area contributed by atoms with Crippen LogP contribution in [0.5, 0.6) is 0 Å². The molecule has 16 heavy (non-hydrogen) atoms. The van der Waals surface area contributed by atoms with Crippen LogP contribution in [-0.2, 0) is 0 Å². The van der Waals surface area contributed by atoms with E-state index in [9.17, 15) is 5.11 Å². The number of rotatable bonds is 3. The summed E-state index contributed by atoms with van der Waals surface area (Å²) in [6, 6.07) is 0. The van der Waals surface area contributed by atoms with Gasteiger partial charge in [0, 0.05) is 5.41 Å². The van der Waals surface area contributed by atoms with Crippen LogP contribution < -0.4 is 0 Å². The van der Waals surface area contributed by atoms with Gasteiger partial charge < -0.3 is 5.11 Å². The fraction of sp³-hybridized carbons (Fsp3) is 0.733. The van der Waals surface area contributed by atoms with Crippen molar-refractivity contribution in [2.24, 2.45) is 17.3 Å². The number of fused-ring (bicyclic) bond motifs is 2. The third-order valence-corrected chi connectivity index (χ3v) is 4.55. The van der Waals surface area contributed by atoms with E-state index in [1.165, 1.54) is 24.8 Å². The first kappa shape index (κ1) is 11.9. The predicted octanol–water partition coefficient (Wildman–Crippen LogP) is 3.70. The minimum Gasteiger partial charge on any atom is -0.390 e. The highest BCUT2D eigenvalue weighted by atomic mass is 16.3. The van der Waals surface area contributed by atoms with Gasteiger partial charge in [-0.2, -0.15) is 0 Å². The molecule has 3 atom stereocenters. The Morgan fingerprint density at radius 1 is 1.50 bits per heavy atom. The van der Waals surface area contributed by atoms with E-state index in [-0.39, 0.29) is 5.41 Å². The zero-order chi connectivity index (χ0) is 12.0. The summed E-state index contributed by atoms with van der Waals surface area (Å²) in [5.74, 6) is 1.56. The van der Waals surface area contributed by atoms with Crippen molar-refractivity contribution in [3.8, 4) is 0 Å². The summed E-state index contributed by atoms with van der Waals surface area (Å²) in [5.41, 5.74) is 1.04. The molecule has 2 aliphatic rings. The zero-order valence-electron chi connectivity index (χ0n) is 10.8. The monoisotopic (exact) mass is 220 g/mol. The lowest BCUT2D eigenvalue weighted by atomic mass is 9.71. The van der Waals surface area contributed by atoms with Crippen molar-refractivity contribution in [2.45, 2.75) is 52.1 Å². The minimum absolute atomic E-state index is 0.203. The Morgan fingerprint density at radius 2 is 2.19 bits per heavy atom. The molecule has 0 unspecified atom stereocenters. The van der Waals surface area contributed by atoms with Crippen molar-refractivity contribution in [3.05, 3.63) is 24.3 Å². The quantitative estimate of drug-likeness (QED) is 0.719. The normalized spacial score (nSPS) is 38.9. The second kappa shape index (κ2) is 3.73. The van der Waals surface area contributed by atoms with E-state index < -0.39 is 5.60 Å². The molecule has 0 aromatic heterocycles. The number of allylic oxidation sites excluding steroid dienone is 2. The van der Waals surface area contributed by atoms with Crippen LogP contribution in [0.4, 0.5) is 0 Å². The van der Waals surface area contributed by atoms with Crippen molar-refractivity contribution < 1.29 is 5.11 Å². The summed E-state index contributed by atoms with van der Waals surface area (Å²) < 4.78 is 0. The first-order valence-corrected chi connectivity index (χ1v) is 6.42. The molecule has 2 saturated carbocycles. The van der Waals surface area contributed by atoms with Crippen LogP contribution in [0.1, 0.15) is 46.5 Å². The Labute approximate surface area is 99.3 Å². The molecule has 2 fully saturated rings. The highest BCUT2D eigenvalue weighted by molar-refractivity contribution is 5.30. The molecule has 2 aliphatic carbocycles. The SMILES string of the molecule is C=C1[C@@H]2CC[C@@H](C2)[C@]1(C)/C=C/CC(C)(C)O. The number of aliphatic hydroxyl groups is 1. The van der Waals surface area contributed by atoms with Crippen LogP contribution in [0.15, 0.2) is 24.3 Å². The van der Waals surface area contributed by atoms with Gasteiger partial charge in [0.15, 0.2) is 0 Å². The van der Waals surface area contributed by atoms with Gasteiger partial charge in [0.25, 0.3) is 0 Å². The maximum Gasteiger partial charge on any atom is 0.0626 e.